The molecule has 0 aromatic heterocycles. The third kappa shape index (κ3) is 3.72. The highest BCUT2D eigenvalue weighted by Crippen LogP contribution is 2.36. The maximum Gasteiger partial charge on any atom is 0.226 e. The van der Waals surface area contributed by atoms with Crippen LogP contribution in [0.2, 0.25) is 0 Å². The summed E-state index contributed by atoms with van der Waals surface area (Å²) in [6.45, 7) is 2.50. The van der Waals surface area contributed by atoms with Crippen molar-refractivity contribution in [2.75, 3.05) is 6.61 Å². The first kappa shape index (κ1) is 16.6. The molecule has 0 radical (unpaired) electrons. The van der Waals surface area contributed by atoms with E-state index in [1.165, 1.54) is 13.0 Å². The molecule has 122 valence electrons. The molecule has 2 rings (SSSR count). The van der Waals surface area contributed by atoms with Crippen molar-refractivity contribution in [1.29, 1.82) is 0 Å². The van der Waals surface area contributed by atoms with Crippen LogP contribution in [-0.4, -0.2) is 45.6 Å². The van der Waals surface area contributed by atoms with Gasteiger partial charge < -0.3 is 14.9 Å². The quantitative estimate of drug-likeness (QED) is 0.606. The molecule has 0 aromatic rings. The predicted molar refractivity (Wildman–Crippen MR) is 75.4 cm³/mol. The Morgan fingerprint density at radius 1 is 1.36 bits per heavy atom. The average Bonchev–Trinajstić information content (AvgIpc) is 2.61. The number of amides is 2. The van der Waals surface area contributed by atoms with E-state index in [1.54, 1.807) is 6.92 Å². The highest BCUT2D eigenvalue weighted by molar-refractivity contribution is 5.99. The smallest absolute Gasteiger partial charge is 0.226 e. The number of hydrogen-bond acceptors (Lipinski definition) is 6. The Morgan fingerprint density at radius 2 is 1.95 bits per heavy atom. The summed E-state index contributed by atoms with van der Waals surface area (Å²) in [7, 11) is 0. The number of hydrogen-bond donors (Lipinski definition) is 3. The first-order valence-corrected chi connectivity index (χ1v) is 7.23. The van der Waals surface area contributed by atoms with E-state index in [0.29, 0.717) is 12.2 Å². The molecular weight excluding hydrogens is 290 g/mol. The number of nitrogens with one attached hydrogen (secondary N) is 1. The molecule has 0 saturated carbocycles. The lowest BCUT2D eigenvalue weighted by atomic mass is 9.87. The number of piperidine rings is 1. The number of aliphatic hydroxyl groups excluding tert-OH is 1. The second-order valence-electron chi connectivity index (χ2n) is 6.59. The van der Waals surface area contributed by atoms with Crippen LogP contribution in [0.1, 0.15) is 39.5 Å². The van der Waals surface area contributed by atoms with Crippen molar-refractivity contribution in [1.82, 2.24) is 5.32 Å². The minimum atomic E-state index is -1.42. The minimum Gasteiger partial charge on any atom is -0.484 e. The lowest BCUT2D eigenvalue weighted by Gasteiger charge is -2.32. The highest BCUT2D eigenvalue weighted by atomic mass is 16.5. The van der Waals surface area contributed by atoms with Crippen LogP contribution in [0.3, 0.4) is 0 Å². The molecule has 2 aliphatic rings. The van der Waals surface area contributed by atoms with Crippen LogP contribution >= 0.6 is 0 Å². The van der Waals surface area contributed by atoms with Gasteiger partial charge in [0.25, 0.3) is 0 Å². The lowest BCUT2D eigenvalue weighted by molar-refractivity contribution is -0.138. The molecule has 22 heavy (non-hydrogen) atoms. The number of imide groups is 1. The summed E-state index contributed by atoms with van der Waals surface area (Å²) in [6, 6.07) is 0. The molecule has 2 amide bonds. The van der Waals surface area contributed by atoms with Crippen LogP contribution in [0.5, 0.6) is 0 Å². The number of ketones is 1. The van der Waals surface area contributed by atoms with E-state index in [1.807, 2.05) is 0 Å². The molecule has 0 aliphatic carbocycles. The Kier molecular flexibility index (Phi) is 4.39. The minimum absolute atomic E-state index is 0.0422. The molecule has 7 heteroatoms. The van der Waals surface area contributed by atoms with Crippen molar-refractivity contribution >= 4 is 17.6 Å². The van der Waals surface area contributed by atoms with Crippen LogP contribution < -0.4 is 5.32 Å². The van der Waals surface area contributed by atoms with Crippen molar-refractivity contribution in [3.8, 4) is 0 Å². The molecule has 7 nitrogen and oxygen atoms in total. The largest absolute Gasteiger partial charge is 0.484 e. The fourth-order valence-electron chi connectivity index (χ4n) is 2.96. The van der Waals surface area contributed by atoms with Crippen LogP contribution in [0.15, 0.2) is 11.8 Å². The second-order valence-corrected chi connectivity index (χ2v) is 6.59. The SMILES string of the molecule is C[C@](O)(CO)C[C@@]1(C)OC(CC2CC(=O)NC(=O)C2)=CC1=O. The normalized spacial score (nSPS) is 28.9. The van der Waals surface area contributed by atoms with Crippen LogP contribution in [0.4, 0.5) is 0 Å². The summed E-state index contributed by atoms with van der Waals surface area (Å²) in [5, 5.41) is 21.3. The van der Waals surface area contributed by atoms with Crippen molar-refractivity contribution in [3.63, 3.8) is 0 Å². The summed E-state index contributed by atoms with van der Waals surface area (Å²) in [5.74, 6) is -0.716. The van der Waals surface area contributed by atoms with E-state index in [2.05, 4.69) is 5.32 Å². The molecular formula is C15H21NO6. The summed E-state index contributed by atoms with van der Waals surface area (Å²) in [5.41, 5.74) is -2.66. The zero-order chi connectivity index (χ0) is 16.5. The lowest BCUT2D eigenvalue weighted by Crippen LogP contribution is -2.44. The Balaban J connectivity index is 2.00. The molecule has 3 N–H and O–H groups in total. The van der Waals surface area contributed by atoms with E-state index in [4.69, 9.17) is 9.84 Å². The van der Waals surface area contributed by atoms with Gasteiger partial charge in [-0.2, -0.15) is 0 Å². The number of carbonyl (C=O) groups is 3. The topological polar surface area (TPSA) is 113 Å². The monoisotopic (exact) mass is 311 g/mol. The Labute approximate surface area is 128 Å². The zero-order valence-electron chi connectivity index (χ0n) is 12.7. The van der Waals surface area contributed by atoms with E-state index >= 15 is 0 Å². The van der Waals surface area contributed by atoms with Gasteiger partial charge >= 0.3 is 0 Å². The van der Waals surface area contributed by atoms with Gasteiger partial charge in [-0.3, -0.25) is 19.7 Å². The van der Waals surface area contributed by atoms with Gasteiger partial charge in [-0.15, -0.1) is 0 Å². The summed E-state index contributed by atoms with van der Waals surface area (Å²) >= 11 is 0. The van der Waals surface area contributed by atoms with Gasteiger partial charge in [0.05, 0.1) is 12.2 Å². The van der Waals surface area contributed by atoms with Gasteiger partial charge in [0.15, 0.2) is 5.60 Å². The van der Waals surface area contributed by atoms with Gasteiger partial charge in [-0.05, 0) is 19.8 Å². The third-order valence-electron chi connectivity index (χ3n) is 3.95. The molecule has 0 bridgehead atoms. The Bertz CT molecular complexity index is 522. The number of aliphatic hydroxyl groups is 2. The maximum atomic E-state index is 12.1. The first-order valence-electron chi connectivity index (χ1n) is 7.23. The number of allylic oxidation sites excluding steroid dienone is 1. The molecule has 1 fully saturated rings. The van der Waals surface area contributed by atoms with Gasteiger partial charge in [0.1, 0.15) is 5.76 Å². The number of carbonyl (C=O) groups excluding carboxylic acids is 3. The van der Waals surface area contributed by atoms with Crippen molar-refractivity contribution < 1.29 is 29.3 Å². The van der Waals surface area contributed by atoms with E-state index in [-0.39, 0.29) is 42.8 Å². The third-order valence-corrected chi connectivity index (χ3v) is 3.95. The van der Waals surface area contributed by atoms with Crippen LogP contribution in [0, 0.1) is 5.92 Å². The number of ether oxygens (including phenoxy) is 1. The summed E-state index contributed by atoms with van der Waals surface area (Å²) in [4.78, 5) is 34.8. The molecule has 2 aliphatic heterocycles. The maximum absolute atomic E-state index is 12.1. The molecule has 1 saturated heterocycles. The van der Waals surface area contributed by atoms with E-state index in [9.17, 15) is 19.5 Å². The van der Waals surface area contributed by atoms with Crippen molar-refractivity contribution in [2.45, 2.75) is 50.7 Å². The summed E-state index contributed by atoms with van der Waals surface area (Å²) < 4.78 is 5.67. The molecule has 2 atom stereocenters. The van der Waals surface area contributed by atoms with Crippen LogP contribution in [0.25, 0.3) is 0 Å². The number of rotatable bonds is 5. The Hall–Kier alpha value is -1.73. The Morgan fingerprint density at radius 3 is 2.50 bits per heavy atom. The van der Waals surface area contributed by atoms with Gasteiger partial charge in [-0.1, -0.05) is 0 Å². The van der Waals surface area contributed by atoms with Gasteiger partial charge in [0, 0.05) is 31.8 Å². The fourth-order valence-corrected chi connectivity index (χ4v) is 2.96. The van der Waals surface area contributed by atoms with Crippen molar-refractivity contribution in [2.24, 2.45) is 5.92 Å². The molecule has 2 heterocycles. The molecule has 0 aromatic carbocycles. The average molecular weight is 311 g/mol. The fraction of sp³-hybridized carbons (Fsp3) is 0.667. The molecule has 0 spiro atoms. The predicted octanol–water partition coefficient (Wildman–Crippen LogP) is -0.195. The van der Waals surface area contributed by atoms with E-state index in [0.717, 1.165) is 0 Å². The van der Waals surface area contributed by atoms with E-state index < -0.39 is 17.8 Å². The summed E-state index contributed by atoms with van der Waals surface area (Å²) in [6.07, 6.45) is 2.06. The van der Waals surface area contributed by atoms with Crippen LogP contribution in [-0.2, 0) is 19.1 Å². The standard InChI is InChI=1S/C15H21NO6/c1-14(21,8-17)7-15(2)11(18)6-10(22-15)3-9-4-12(19)16-13(20)5-9/h6,9,17,21H,3-5,7-8H2,1-2H3,(H,16,19,20)/t14-,15-/m1/s1. The van der Waals surface area contributed by atoms with Gasteiger partial charge in [0.2, 0.25) is 17.6 Å². The highest BCUT2D eigenvalue weighted by Gasteiger charge is 2.45. The second kappa shape index (κ2) is 5.81. The zero-order valence-corrected chi connectivity index (χ0v) is 12.7. The van der Waals surface area contributed by atoms with Crippen molar-refractivity contribution in [3.05, 3.63) is 11.8 Å². The first-order chi connectivity index (χ1) is 10.1. The van der Waals surface area contributed by atoms with Gasteiger partial charge in [-0.25, -0.2) is 0 Å². The molecule has 0 unspecified atom stereocenters.